The predicted octanol–water partition coefficient (Wildman–Crippen LogP) is 2.57. The normalized spacial score (nSPS) is 20.6. The van der Waals surface area contributed by atoms with Crippen LogP contribution in [0.15, 0.2) is 18.2 Å². The van der Waals surface area contributed by atoms with Crippen molar-refractivity contribution in [3.05, 3.63) is 23.8 Å². The van der Waals surface area contributed by atoms with E-state index in [1.165, 1.54) is 11.3 Å². The molecule has 0 saturated carbocycles. The van der Waals surface area contributed by atoms with E-state index in [9.17, 15) is 0 Å². The number of fused-ring (bicyclic) bond motifs is 1. The number of benzene rings is 1. The maximum absolute atomic E-state index is 5.90. The summed E-state index contributed by atoms with van der Waals surface area (Å²) in [6.07, 6.45) is 1.16. The van der Waals surface area contributed by atoms with E-state index in [-0.39, 0.29) is 12.1 Å². The fourth-order valence-electron chi connectivity index (χ4n) is 2.50. The van der Waals surface area contributed by atoms with E-state index < -0.39 is 0 Å². The minimum atomic E-state index is 0.194. The number of anilines is 1. The van der Waals surface area contributed by atoms with Gasteiger partial charge in [0.15, 0.2) is 0 Å². The second-order valence-electron chi connectivity index (χ2n) is 5.66. The number of nitrogens with zero attached hydrogens (tertiary/aromatic N) is 1. The number of hydrogen-bond donors (Lipinski definition) is 1. The molecule has 1 aliphatic heterocycles. The van der Waals surface area contributed by atoms with Crippen LogP contribution in [0.25, 0.3) is 0 Å². The molecule has 0 radical (unpaired) electrons. The largest absolute Gasteiger partial charge is 0.487 e. The summed E-state index contributed by atoms with van der Waals surface area (Å²) >= 11 is 0. The highest BCUT2D eigenvalue weighted by atomic mass is 16.5. The first kappa shape index (κ1) is 13.2. The van der Waals surface area contributed by atoms with Gasteiger partial charge in [0.2, 0.25) is 0 Å². The molecule has 3 nitrogen and oxygen atoms in total. The second kappa shape index (κ2) is 5.19. The lowest BCUT2D eigenvalue weighted by Crippen LogP contribution is -2.42. The molecule has 0 bridgehead atoms. The highest BCUT2D eigenvalue weighted by molar-refractivity contribution is 5.62. The fraction of sp³-hybridized carbons (Fsp3) is 0.600. The zero-order valence-electron chi connectivity index (χ0n) is 11.8. The molecular formula is C15H24N2O. The predicted molar refractivity (Wildman–Crippen MR) is 76.4 cm³/mol. The first-order valence-electron chi connectivity index (χ1n) is 6.79. The van der Waals surface area contributed by atoms with Gasteiger partial charge >= 0.3 is 0 Å². The summed E-state index contributed by atoms with van der Waals surface area (Å²) in [5.41, 5.74) is 8.37. The van der Waals surface area contributed by atoms with Crippen molar-refractivity contribution in [2.75, 3.05) is 11.4 Å². The van der Waals surface area contributed by atoms with Crippen LogP contribution in [-0.4, -0.2) is 24.7 Å². The zero-order valence-corrected chi connectivity index (χ0v) is 11.8. The minimum Gasteiger partial charge on any atom is -0.487 e. The van der Waals surface area contributed by atoms with Crippen LogP contribution in [0.2, 0.25) is 0 Å². The van der Waals surface area contributed by atoms with Crippen molar-refractivity contribution >= 4 is 5.69 Å². The van der Waals surface area contributed by atoms with Gasteiger partial charge in [-0.1, -0.05) is 6.07 Å². The summed E-state index contributed by atoms with van der Waals surface area (Å²) in [5.74, 6) is 0.996. The first-order valence-corrected chi connectivity index (χ1v) is 6.79. The van der Waals surface area contributed by atoms with E-state index in [0.29, 0.717) is 6.04 Å². The van der Waals surface area contributed by atoms with E-state index in [4.69, 9.17) is 10.5 Å². The van der Waals surface area contributed by atoms with Gasteiger partial charge in [-0.25, -0.2) is 0 Å². The molecule has 1 aliphatic rings. The Balaban J connectivity index is 2.33. The Kier molecular flexibility index (Phi) is 3.81. The van der Waals surface area contributed by atoms with Crippen LogP contribution in [0.1, 0.15) is 33.3 Å². The third kappa shape index (κ3) is 2.78. The van der Waals surface area contributed by atoms with E-state index in [1.807, 2.05) is 6.92 Å². The van der Waals surface area contributed by atoms with Crippen molar-refractivity contribution in [1.29, 1.82) is 0 Å². The van der Waals surface area contributed by atoms with Gasteiger partial charge in [0.05, 0.1) is 12.2 Å². The van der Waals surface area contributed by atoms with Crippen LogP contribution in [0.3, 0.4) is 0 Å². The molecular weight excluding hydrogens is 224 g/mol. The van der Waals surface area contributed by atoms with Crippen LogP contribution in [0.5, 0.6) is 5.75 Å². The molecule has 1 aromatic carbocycles. The average Bonchev–Trinajstić information content (AvgIpc) is 2.27. The molecule has 1 aromatic rings. The molecule has 2 N–H and O–H groups in total. The van der Waals surface area contributed by atoms with Crippen LogP contribution < -0.4 is 15.4 Å². The highest BCUT2D eigenvalue weighted by Gasteiger charge is 2.24. The fourth-order valence-corrected chi connectivity index (χ4v) is 2.50. The van der Waals surface area contributed by atoms with Crippen LogP contribution in [0, 0.1) is 0 Å². The Labute approximate surface area is 110 Å². The Hall–Kier alpha value is -1.22. The number of ether oxygens (including phenoxy) is 1. The van der Waals surface area contributed by atoms with Crippen molar-refractivity contribution in [1.82, 2.24) is 0 Å². The van der Waals surface area contributed by atoms with Gasteiger partial charge < -0.3 is 15.4 Å². The minimum absolute atomic E-state index is 0.194. The first-order chi connectivity index (χ1) is 8.47. The van der Waals surface area contributed by atoms with E-state index >= 15 is 0 Å². The Bertz CT molecular complexity index is 415. The molecule has 0 aliphatic carbocycles. The Morgan fingerprint density at radius 3 is 2.72 bits per heavy atom. The topological polar surface area (TPSA) is 38.5 Å². The van der Waals surface area contributed by atoms with Gasteiger partial charge in [-0.15, -0.1) is 0 Å². The monoisotopic (exact) mass is 248 g/mol. The molecule has 18 heavy (non-hydrogen) atoms. The lowest BCUT2D eigenvalue weighted by atomic mass is 10.0. The van der Waals surface area contributed by atoms with Crippen LogP contribution >= 0.6 is 0 Å². The molecule has 1 heterocycles. The summed E-state index contributed by atoms with van der Waals surface area (Å²) in [4.78, 5) is 2.41. The van der Waals surface area contributed by atoms with E-state index in [2.05, 4.69) is 43.9 Å². The standard InChI is InChI=1S/C15H24N2O/c1-10(2)17-9-12(4)18-15-6-5-13(7-11(3)16)8-14(15)17/h5-6,8,10-12H,7,9,16H2,1-4H3. The summed E-state index contributed by atoms with van der Waals surface area (Å²) in [6.45, 7) is 9.55. The summed E-state index contributed by atoms with van der Waals surface area (Å²) in [5, 5.41) is 0. The number of nitrogens with two attached hydrogens (primary N) is 1. The van der Waals surface area contributed by atoms with E-state index in [0.717, 1.165) is 18.7 Å². The van der Waals surface area contributed by atoms with Gasteiger partial charge in [0, 0.05) is 12.1 Å². The highest BCUT2D eigenvalue weighted by Crippen LogP contribution is 2.35. The molecule has 0 spiro atoms. The van der Waals surface area contributed by atoms with Crippen LogP contribution in [-0.2, 0) is 6.42 Å². The molecule has 2 atom stereocenters. The van der Waals surface area contributed by atoms with Gasteiger partial charge in [0.1, 0.15) is 11.9 Å². The third-order valence-electron chi connectivity index (χ3n) is 3.30. The molecule has 2 rings (SSSR count). The Morgan fingerprint density at radius 2 is 2.11 bits per heavy atom. The maximum Gasteiger partial charge on any atom is 0.143 e. The van der Waals surface area contributed by atoms with Gasteiger partial charge in [-0.2, -0.15) is 0 Å². The second-order valence-corrected chi connectivity index (χ2v) is 5.66. The smallest absolute Gasteiger partial charge is 0.143 e. The van der Waals surface area contributed by atoms with Crippen molar-refractivity contribution in [2.24, 2.45) is 5.73 Å². The molecule has 0 fully saturated rings. The Morgan fingerprint density at radius 1 is 1.39 bits per heavy atom. The molecule has 0 amide bonds. The van der Waals surface area contributed by atoms with Gasteiger partial charge in [-0.3, -0.25) is 0 Å². The number of hydrogen-bond acceptors (Lipinski definition) is 3. The van der Waals surface area contributed by atoms with Crippen molar-refractivity contribution in [2.45, 2.75) is 52.3 Å². The molecule has 0 aromatic heterocycles. The molecule has 0 saturated heterocycles. The summed E-state index contributed by atoms with van der Waals surface area (Å²) in [7, 11) is 0. The van der Waals surface area contributed by atoms with Crippen molar-refractivity contribution < 1.29 is 4.74 Å². The third-order valence-corrected chi connectivity index (χ3v) is 3.30. The number of rotatable bonds is 3. The lowest BCUT2D eigenvalue weighted by Gasteiger charge is -2.38. The summed E-state index contributed by atoms with van der Waals surface area (Å²) in [6, 6.07) is 7.11. The van der Waals surface area contributed by atoms with Gasteiger partial charge in [-0.05, 0) is 51.8 Å². The molecule has 3 heteroatoms. The molecule has 2 unspecified atom stereocenters. The lowest BCUT2D eigenvalue weighted by molar-refractivity contribution is 0.209. The maximum atomic E-state index is 5.90. The SMILES string of the molecule is CC(N)Cc1ccc2c(c1)N(C(C)C)CC(C)O2. The zero-order chi connectivity index (χ0) is 13.3. The van der Waals surface area contributed by atoms with Crippen LogP contribution in [0.4, 0.5) is 5.69 Å². The van der Waals surface area contributed by atoms with Crippen molar-refractivity contribution in [3.63, 3.8) is 0 Å². The van der Waals surface area contributed by atoms with Gasteiger partial charge in [0.25, 0.3) is 0 Å². The van der Waals surface area contributed by atoms with E-state index in [1.54, 1.807) is 0 Å². The average molecular weight is 248 g/mol. The molecule has 100 valence electrons. The quantitative estimate of drug-likeness (QED) is 0.893. The summed E-state index contributed by atoms with van der Waals surface area (Å²) < 4.78 is 5.90. The van der Waals surface area contributed by atoms with Crippen molar-refractivity contribution in [3.8, 4) is 5.75 Å².